The van der Waals surface area contributed by atoms with E-state index in [1.807, 2.05) is 30.3 Å². The van der Waals surface area contributed by atoms with Gasteiger partial charge in [0.1, 0.15) is 16.8 Å². The second-order valence-electron chi connectivity index (χ2n) is 6.30. The van der Waals surface area contributed by atoms with Gasteiger partial charge in [0.2, 0.25) is 15.9 Å². The zero-order chi connectivity index (χ0) is 19.2. The summed E-state index contributed by atoms with van der Waals surface area (Å²) in [6.07, 6.45) is 0.636. The highest BCUT2D eigenvalue weighted by molar-refractivity contribution is 7.89. The van der Waals surface area contributed by atoms with Gasteiger partial charge < -0.3 is 5.32 Å². The molecule has 0 spiro atoms. The maximum Gasteiger partial charge on any atom is 0.244 e. The lowest BCUT2D eigenvalue weighted by molar-refractivity contribution is -0.123. The smallest absolute Gasteiger partial charge is 0.244 e. The van der Waals surface area contributed by atoms with E-state index in [4.69, 9.17) is 0 Å². The fourth-order valence-corrected chi connectivity index (χ4v) is 3.89. The van der Waals surface area contributed by atoms with Crippen molar-refractivity contribution >= 4 is 15.9 Å². The van der Waals surface area contributed by atoms with Crippen LogP contribution in [0.4, 0.5) is 4.39 Å². The van der Waals surface area contributed by atoms with Crippen molar-refractivity contribution in [1.82, 2.24) is 10.0 Å². The van der Waals surface area contributed by atoms with E-state index in [2.05, 4.69) is 10.0 Å². The minimum Gasteiger partial charge on any atom is -0.354 e. The topological polar surface area (TPSA) is 75.3 Å². The Morgan fingerprint density at radius 2 is 1.65 bits per heavy atom. The molecule has 0 aromatic heterocycles. The predicted octanol–water partition coefficient (Wildman–Crippen LogP) is 2.49. The van der Waals surface area contributed by atoms with Gasteiger partial charge >= 0.3 is 0 Å². The molecule has 2 aromatic rings. The molecule has 0 fully saturated rings. The van der Waals surface area contributed by atoms with E-state index < -0.39 is 32.7 Å². The molecule has 0 radical (unpaired) electrons. The monoisotopic (exact) mass is 378 g/mol. The Hall–Kier alpha value is -2.25. The van der Waals surface area contributed by atoms with Crippen LogP contribution >= 0.6 is 0 Å². The van der Waals surface area contributed by atoms with Crippen molar-refractivity contribution < 1.29 is 17.6 Å². The molecule has 26 heavy (non-hydrogen) atoms. The maximum atomic E-state index is 13.8. The Bertz CT molecular complexity index is 839. The van der Waals surface area contributed by atoms with Crippen molar-refractivity contribution in [2.75, 3.05) is 6.54 Å². The number of carbonyl (C=O) groups excluding carboxylic acids is 1. The first-order chi connectivity index (χ1) is 12.3. The summed E-state index contributed by atoms with van der Waals surface area (Å²) in [5, 5.41) is 2.74. The summed E-state index contributed by atoms with van der Waals surface area (Å²) >= 11 is 0. The first-order valence-corrected chi connectivity index (χ1v) is 9.88. The van der Waals surface area contributed by atoms with E-state index in [-0.39, 0.29) is 5.92 Å². The minimum absolute atomic E-state index is 0.298. The molecule has 2 N–H and O–H groups in total. The third-order valence-electron chi connectivity index (χ3n) is 3.91. The highest BCUT2D eigenvalue weighted by Gasteiger charge is 2.29. The first kappa shape index (κ1) is 20.1. The number of amides is 1. The van der Waals surface area contributed by atoms with Crippen LogP contribution in [-0.2, 0) is 21.2 Å². The van der Waals surface area contributed by atoms with Gasteiger partial charge in [0.25, 0.3) is 0 Å². The molecule has 140 valence electrons. The standard InChI is InChI=1S/C19H23FN2O3S/c1-14(2)18(19(23)21-13-12-15-8-4-3-5-9-15)22-26(24,25)17-11-7-6-10-16(17)20/h3-11,14,18,22H,12-13H2,1-2H3,(H,21,23)/t18-/m0/s1. The van der Waals surface area contributed by atoms with E-state index >= 15 is 0 Å². The highest BCUT2D eigenvalue weighted by Crippen LogP contribution is 2.15. The summed E-state index contributed by atoms with van der Waals surface area (Å²) in [7, 11) is -4.14. The molecule has 0 aliphatic heterocycles. The quantitative estimate of drug-likeness (QED) is 0.741. The minimum atomic E-state index is -4.14. The number of halogens is 1. The normalized spacial score (nSPS) is 12.8. The number of hydrogen-bond acceptors (Lipinski definition) is 3. The second-order valence-corrected chi connectivity index (χ2v) is 7.98. The van der Waals surface area contributed by atoms with Crippen LogP contribution in [-0.4, -0.2) is 26.9 Å². The third kappa shape index (κ3) is 5.37. The van der Waals surface area contributed by atoms with Gasteiger partial charge in [0, 0.05) is 6.54 Å². The van der Waals surface area contributed by atoms with Gasteiger partial charge in [0.05, 0.1) is 0 Å². The maximum absolute atomic E-state index is 13.8. The molecule has 0 unspecified atom stereocenters. The van der Waals surface area contributed by atoms with E-state index in [9.17, 15) is 17.6 Å². The van der Waals surface area contributed by atoms with Crippen LogP contribution in [0.15, 0.2) is 59.5 Å². The fourth-order valence-electron chi connectivity index (χ4n) is 2.47. The van der Waals surface area contributed by atoms with Crippen molar-refractivity contribution in [2.24, 2.45) is 5.92 Å². The van der Waals surface area contributed by atoms with E-state index in [1.54, 1.807) is 13.8 Å². The van der Waals surface area contributed by atoms with Crippen LogP contribution in [0.1, 0.15) is 19.4 Å². The van der Waals surface area contributed by atoms with E-state index in [0.717, 1.165) is 11.6 Å². The number of hydrogen-bond donors (Lipinski definition) is 2. The Balaban J connectivity index is 2.03. The van der Waals surface area contributed by atoms with Crippen molar-refractivity contribution in [3.63, 3.8) is 0 Å². The third-order valence-corrected chi connectivity index (χ3v) is 5.39. The van der Waals surface area contributed by atoms with Gasteiger partial charge in [0.15, 0.2) is 0 Å². The molecule has 0 saturated carbocycles. The molecule has 0 saturated heterocycles. The highest BCUT2D eigenvalue weighted by atomic mass is 32.2. The second kappa shape index (κ2) is 8.91. The first-order valence-electron chi connectivity index (χ1n) is 8.40. The van der Waals surface area contributed by atoms with Gasteiger partial charge in [-0.25, -0.2) is 12.8 Å². The van der Waals surface area contributed by atoms with Crippen LogP contribution in [0.5, 0.6) is 0 Å². The Labute approximate surface area is 153 Å². The number of carbonyl (C=O) groups is 1. The van der Waals surface area contributed by atoms with Crippen molar-refractivity contribution in [2.45, 2.75) is 31.2 Å². The van der Waals surface area contributed by atoms with Gasteiger partial charge in [-0.3, -0.25) is 4.79 Å². The van der Waals surface area contributed by atoms with Crippen LogP contribution in [0.25, 0.3) is 0 Å². The van der Waals surface area contributed by atoms with E-state index in [0.29, 0.717) is 13.0 Å². The number of rotatable bonds is 8. The average Bonchev–Trinajstić information content (AvgIpc) is 2.60. The number of benzene rings is 2. The van der Waals surface area contributed by atoms with Crippen molar-refractivity contribution in [1.29, 1.82) is 0 Å². The lowest BCUT2D eigenvalue weighted by Gasteiger charge is -2.21. The Kier molecular flexibility index (Phi) is 6.88. The molecule has 0 heterocycles. The fraction of sp³-hybridized carbons (Fsp3) is 0.316. The zero-order valence-corrected chi connectivity index (χ0v) is 15.6. The summed E-state index contributed by atoms with van der Waals surface area (Å²) in [5.41, 5.74) is 1.07. The molecule has 1 atom stereocenters. The Morgan fingerprint density at radius 3 is 2.27 bits per heavy atom. The van der Waals surface area contributed by atoms with Crippen LogP contribution in [0.3, 0.4) is 0 Å². The lowest BCUT2D eigenvalue weighted by Crippen LogP contribution is -2.50. The summed E-state index contributed by atoms with van der Waals surface area (Å²) in [6.45, 7) is 3.84. The molecule has 2 aromatic carbocycles. The molecule has 2 rings (SSSR count). The van der Waals surface area contributed by atoms with Crippen LogP contribution < -0.4 is 10.0 Å². The van der Waals surface area contributed by atoms with E-state index in [1.165, 1.54) is 18.2 Å². The average molecular weight is 378 g/mol. The number of nitrogens with one attached hydrogen (secondary N) is 2. The molecular formula is C19H23FN2O3S. The van der Waals surface area contributed by atoms with Gasteiger partial charge in [-0.15, -0.1) is 0 Å². The molecule has 1 amide bonds. The van der Waals surface area contributed by atoms with Crippen LogP contribution in [0.2, 0.25) is 0 Å². The van der Waals surface area contributed by atoms with Gasteiger partial charge in [-0.05, 0) is 30.0 Å². The predicted molar refractivity (Wildman–Crippen MR) is 98.5 cm³/mol. The Morgan fingerprint density at radius 1 is 1.04 bits per heavy atom. The van der Waals surface area contributed by atoms with Crippen LogP contribution in [0, 0.1) is 11.7 Å². The summed E-state index contributed by atoms with van der Waals surface area (Å²) in [6, 6.07) is 13.7. The SMILES string of the molecule is CC(C)[C@H](NS(=O)(=O)c1ccccc1F)C(=O)NCCc1ccccc1. The summed E-state index contributed by atoms with van der Waals surface area (Å²) in [4.78, 5) is 12.0. The molecule has 7 heteroatoms. The molecule has 5 nitrogen and oxygen atoms in total. The summed E-state index contributed by atoms with van der Waals surface area (Å²) in [5.74, 6) is -1.59. The number of sulfonamides is 1. The van der Waals surface area contributed by atoms with Gasteiger partial charge in [-0.1, -0.05) is 56.3 Å². The molecule has 0 aliphatic rings. The molecular weight excluding hydrogens is 355 g/mol. The molecule has 0 bridgehead atoms. The zero-order valence-electron chi connectivity index (χ0n) is 14.8. The largest absolute Gasteiger partial charge is 0.354 e. The van der Waals surface area contributed by atoms with Crippen molar-refractivity contribution in [3.8, 4) is 0 Å². The van der Waals surface area contributed by atoms with Crippen molar-refractivity contribution in [3.05, 3.63) is 66.0 Å². The summed E-state index contributed by atoms with van der Waals surface area (Å²) < 4.78 is 41.0. The molecule has 0 aliphatic carbocycles. The van der Waals surface area contributed by atoms with Gasteiger partial charge in [-0.2, -0.15) is 4.72 Å². The lowest BCUT2D eigenvalue weighted by atomic mass is 10.0.